The molecule has 3 heterocycles. The molecule has 23 heavy (non-hydrogen) atoms. The molecule has 0 aromatic carbocycles. The SMILES string of the molecule is CCC(=O)Nc1n[c-]nc2c1ncn2[C@H]1CC(C)[C@@H](CC)O1.[Y]. The molecule has 0 bridgehead atoms. The van der Waals surface area contributed by atoms with Gasteiger partial charge in [-0.25, -0.2) is 0 Å². The average molecular weight is 391 g/mol. The Morgan fingerprint density at radius 3 is 2.91 bits per heavy atom. The third-order valence-corrected chi connectivity index (χ3v) is 4.14. The van der Waals surface area contributed by atoms with E-state index in [9.17, 15) is 4.79 Å². The van der Waals surface area contributed by atoms with Gasteiger partial charge in [0.05, 0.1) is 18.1 Å². The van der Waals surface area contributed by atoms with E-state index in [4.69, 9.17) is 4.74 Å². The minimum absolute atomic E-state index is 0. The Balaban J connectivity index is 0.00000192. The van der Waals surface area contributed by atoms with Crippen molar-refractivity contribution in [2.24, 2.45) is 5.92 Å². The quantitative estimate of drug-likeness (QED) is 0.809. The van der Waals surface area contributed by atoms with Gasteiger partial charge in [-0.3, -0.25) is 9.78 Å². The molecule has 1 radical (unpaired) electrons. The standard InChI is InChI=1S/C15H20N5O2.Y/c1-4-10-9(3)6-12(22-10)20-8-18-13-14(19-11(21)5-2)16-7-17-15(13)20;/h8-10,12H,4-6H2,1-3H3,(H,16,17,19,21);/q-1;/t9?,10-,12-;/m1./s1. The van der Waals surface area contributed by atoms with E-state index in [1.54, 1.807) is 13.3 Å². The number of fused-ring (bicyclic) bond motifs is 1. The zero-order valence-corrected chi connectivity index (χ0v) is 16.5. The molecular weight excluding hydrogens is 371 g/mol. The van der Waals surface area contributed by atoms with Gasteiger partial charge in [-0.05, 0) is 18.8 Å². The first-order valence-electron chi connectivity index (χ1n) is 7.69. The van der Waals surface area contributed by atoms with Crippen LogP contribution in [0.4, 0.5) is 5.82 Å². The van der Waals surface area contributed by atoms with Crippen LogP contribution in [0.3, 0.4) is 0 Å². The first kappa shape index (κ1) is 18.4. The Kier molecular flexibility index (Phi) is 6.22. The van der Waals surface area contributed by atoms with E-state index in [1.165, 1.54) is 0 Å². The van der Waals surface area contributed by atoms with Gasteiger partial charge in [-0.1, -0.05) is 20.8 Å². The first-order chi connectivity index (χ1) is 10.6. The molecule has 1 saturated heterocycles. The van der Waals surface area contributed by atoms with Gasteiger partial charge in [0.25, 0.3) is 0 Å². The van der Waals surface area contributed by atoms with Crippen molar-refractivity contribution in [2.45, 2.75) is 52.4 Å². The molecule has 1 N–H and O–H groups in total. The summed E-state index contributed by atoms with van der Waals surface area (Å²) in [5.74, 6) is 0.783. The molecule has 7 nitrogen and oxygen atoms in total. The van der Waals surface area contributed by atoms with Crippen molar-refractivity contribution in [1.29, 1.82) is 0 Å². The molecule has 1 fully saturated rings. The van der Waals surface area contributed by atoms with E-state index in [0.717, 1.165) is 12.8 Å². The van der Waals surface area contributed by atoms with Crippen LogP contribution in [0.25, 0.3) is 11.2 Å². The van der Waals surface area contributed by atoms with Gasteiger partial charge in [0.2, 0.25) is 5.91 Å². The molecular formula is C15H20N5O2Y-. The number of nitrogens with one attached hydrogen (secondary N) is 1. The van der Waals surface area contributed by atoms with Gasteiger partial charge in [-0.2, -0.15) is 0 Å². The molecule has 0 aliphatic carbocycles. The van der Waals surface area contributed by atoms with Crippen molar-refractivity contribution in [1.82, 2.24) is 19.5 Å². The number of anilines is 1. The van der Waals surface area contributed by atoms with Crippen molar-refractivity contribution < 1.29 is 42.2 Å². The van der Waals surface area contributed by atoms with Gasteiger partial charge >= 0.3 is 0 Å². The summed E-state index contributed by atoms with van der Waals surface area (Å²) >= 11 is 0. The van der Waals surface area contributed by atoms with E-state index in [0.29, 0.717) is 29.3 Å². The Labute approximate surface area is 160 Å². The van der Waals surface area contributed by atoms with Gasteiger partial charge in [-0.15, -0.1) is 0 Å². The Bertz CT molecular complexity index is 690. The van der Waals surface area contributed by atoms with Crippen LogP contribution in [-0.4, -0.2) is 31.5 Å². The predicted molar refractivity (Wildman–Crippen MR) is 81.1 cm³/mol. The van der Waals surface area contributed by atoms with Crippen LogP contribution < -0.4 is 5.32 Å². The molecule has 3 atom stereocenters. The fraction of sp³-hybridized carbons (Fsp3) is 0.600. The predicted octanol–water partition coefficient (Wildman–Crippen LogP) is 2.31. The second kappa shape index (κ2) is 7.77. The molecule has 2 aromatic rings. The summed E-state index contributed by atoms with van der Waals surface area (Å²) in [7, 11) is 0. The molecule has 1 aliphatic rings. The number of rotatable bonds is 4. The van der Waals surface area contributed by atoms with Crippen molar-refractivity contribution in [3.63, 3.8) is 0 Å². The van der Waals surface area contributed by atoms with E-state index in [1.807, 2.05) is 4.57 Å². The van der Waals surface area contributed by atoms with Crippen LogP contribution in [0.2, 0.25) is 0 Å². The number of carbonyl (C=O) groups excluding carboxylic acids is 1. The number of hydrogen-bond donors (Lipinski definition) is 1. The van der Waals surface area contributed by atoms with Crippen LogP contribution in [0.1, 0.15) is 46.3 Å². The Morgan fingerprint density at radius 2 is 2.26 bits per heavy atom. The van der Waals surface area contributed by atoms with Crippen LogP contribution in [0.5, 0.6) is 0 Å². The topological polar surface area (TPSA) is 81.9 Å². The second-order valence-electron chi connectivity index (χ2n) is 5.65. The third kappa shape index (κ3) is 3.62. The van der Waals surface area contributed by atoms with E-state index in [2.05, 4.69) is 40.4 Å². The van der Waals surface area contributed by atoms with Crippen molar-refractivity contribution in [3.8, 4) is 0 Å². The largest absolute Gasteiger partial charge is 0.362 e. The fourth-order valence-corrected chi connectivity index (χ4v) is 2.87. The van der Waals surface area contributed by atoms with Crippen molar-refractivity contribution in [3.05, 3.63) is 12.7 Å². The number of aromatic nitrogens is 4. The Hall–Kier alpha value is -0.916. The molecule has 1 aliphatic heterocycles. The van der Waals surface area contributed by atoms with Crippen molar-refractivity contribution in [2.75, 3.05) is 5.32 Å². The number of ether oxygens (including phenoxy) is 1. The van der Waals surface area contributed by atoms with Gasteiger partial charge in [0.1, 0.15) is 6.23 Å². The minimum Gasteiger partial charge on any atom is -0.362 e. The monoisotopic (exact) mass is 391 g/mol. The van der Waals surface area contributed by atoms with E-state index >= 15 is 0 Å². The third-order valence-electron chi connectivity index (χ3n) is 4.14. The maximum Gasteiger partial charge on any atom is 0.214 e. The van der Waals surface area contributed by atoms with Crippen LogP contribution in [0.15, 0.2) is 6.33 Å². The zero-order valence-electron chi connectivity index (χ0n) is 13.6. The minimum atomic E-state index is -0.111. The summed E-state index contributed by atoms with van der Waals surface area (Å²) < 4.78 is 7.98. The van der Waals surface area contributed by atoms with Crippen molar-refractivity contribution >= 4 is 22.9 Å². The molecule has 2 aromatic heterocycles. The van der Waals surface area contributed by atoms with Gasteiger partial charge in [0, 0.05) is 56.8 Å². The van der Waals surface area contributed by atoms with E-state index in [-0.39, 0.29) is 50.9 Å². The Morgan fingerprint density at radius 1 is 1.48 bits per heavy atom. The molecule has 1 amide bonds. The zero-order chi connectivity index (χ0) is 15.7. The maximum atomic E-state index is 11.6. The van der Waals surface area contributed by atoms with Gasteiger partial charge < -0.3 is 24.6 Å². The smallest absolute Gasteiger partial charge is 0.214 e. The summed E-state index contributed by atoms with van der Waals surface area (Å²) in [5.41, 5.74) is 1.20. The molecule has 0 spiro atoms. The van der Waals surface area contributed by atoms with E-state index < -0.39 is 0 Å². The summed E-state index contributed by atoms with van der Waals surface area (Å²) in [4.78, 5) is 24.1. The molecule has 8 heteroatoms. The molecule has 0 saturated carbocycles. The summed E-state index contributed by atoms with van der Waals surface area (Å²) in [6, 6.07) is 0. The van der Waals surface area contributed by atoms with Crippen LogP contribution >= 0.6 is 0 Å². The molecule has 1 unspecified atom stereocenters. The normalized spacial score (nSPS) is 23.7. The average Bonchev–Trinajstić information content (AvgIpc) is 3.10. The second-order valence-corrected chi connectivity index (χ2v) is 5.65. The number of hydrogen-bond acceptors (Lipinski definition) is 5. The van der Waals surface area contributed by atoms with Crippen LogP contribution in [0, 0.1) is 12.2 Å². The van der Waals surface area contributed by atoms with Gasteiger partial charge in [0.15, 0.2) is 0 Å². The first-order valence-corrected chi connectivity index (χ1v) is 7.69. The maximum absolute atomic E-state index is 11.6. The number of carbonyl (C=O) groups is 1. The number of imidazole rings is 1. The summed E-state index contributed by atoms with van der Waals surface area (Å²) in [6.45, 7) is 6.11. The summed E-state index contributed by atoms with van der Waals surface area (Å²) in [5, 5.41) is 2.73. The fourth-order valence-electron chi connectivity index (χ4n) is 2.87. The van der Waals surface area contributed by atoms with Crippen LogP contribution in [-0.2, 0) is 42.2 Å². The molecule has 3 rings (SSSR count). The molecule has 121 valence electrons. The number of nitrogens with zero attached hydrogens (tertiary/aromatic N) is 4. The summed E-state index contributed by atoms with van der Waals surface area (Å²) in [6.07, 6.45) is 6.76. The number of amides is 1.